The standard InChI is InChI=1S/C18H26F3N3O4S/c1-4-28-16-11-14(5-6-15(16)18(19,20)21)22-17(25)24-9-7-13(8-10-24)23-29(26,27)12(2)3/h5-6,11-13,23H,4,7-10H2,1-3H3,(H,22,25). The van der Waals surface area contributed by atoms with Gasteiger partial charge in [-0.15, -0.1) is 0 Å². The largest absolute Gasteiger partial charge is 0.493 e. The Bertz CT molecular complexity index is 820. The number of carbonyl (C=O) groups excluding carboxylic acids is 1. The van der Waals surface area contributed by atoms with E-state index in [1.807, 2.05) is 0 Å². The van der Waals surface area contributed by atoms with Gasteiger partial charge in [0.05, 0.1) is 17.4 Å². The van der Waals surface area contributed by atoms with Crippen molar-refractivity contribution in [3.63, 3.8) is 0 Å². The van der Waals surface area contributed by atoms with Gasteiger partial charge in [0.1, 0.15) is 5.75 Å². The van der Waals surface area contributed by atoms with Gasteiger partial charge < -0.3 is 15.0 Å². The van der Waals surface area contributed by atoms with Crippen molar-refractivity contribution in [3.8, 4) is 5.75 Å². The average Bonchev–Trinajstić information content (AvgIpc) is 2.61. The van der Waals surface area contributed by atoms with E-state index in [4.69, 9.17) is 4.74 Å². The number of hydrogen-bond acceptors (Lipinski definition) is 4. The Morgan fingerprint density at radius 3 is 2.41 bits per heavy atom. The van der Waals surface area contributed by atoms with Crippen LogP contribution in [-0.2, 0) is 16.2 Å². The Morgan fingerprint density at radius 1 is 1.28 bits per heavy atom. The molecule has 1 aliphatic heterocycles. The Hall–Kier alpha value is -2.01. The van der Waals surface area contributed by atoms with E-state index >= 15 is 0 Å². The lowest BCUT2D eigenvalue weighted by Crippen LogP contribution is -2.48. The number of alkyl halides is 3. The number of nitrogens with one attached hydrogen (secondary N) is 2. The zero-order valence-corrected chi connectivity index (χ0v) is 17.4. The number of benzene rings is 1. The van der Waals surface area contributed by atoms with E-state index in [0.29, 0.717) is 25.9 Å². The number of carbonyl (C=O) groups is 1. The first-order valence-electron chi connectivity index (χ1n) is 9.35. The van der Waals surface area contributed by atoms with Crippen molar-refractivity contribution in [2.45, 2.75) is 51.1 Å². The molecule has 0 unspecified atom stereocenters. The van der Waals surface area contributed by atoms with E-state index < -0.39 is 33.0 Å². The molecule has 1 aromatic rings. The number of sulfonamides is 1. The molecule has 1 saturated heterocycles. The molecule has 0 atom stereocenters. The van der Waals surface area contributed by atoms with Crippen LogP contribution in [-0.4, -0.2) is 50.3 Å². The van der Waals surface area contributed by atoms with Crippen molar-refractivity contribution in [1.82, 2.24) is 9.62 Å². The minimum absolute atomic E-state index is 0.0558. The highest BCUT2D eigenvalue weighted by Crippen LogP contribution is 2.37. The summed E-state index contributed by atoms with van der Waals surface area (Å²) in [6, 6.07) is 2.48. The molecule has 11 heteroatoms. The SMILES string of the molecule is CCOc1cc(NC(=O)N2CCC(NS(=O)(=O)C(C)C)CC2)ccc1C(F)(F)F. The number of ether oxygens (including phenoxy) is 1. The van der Waals surface area contributed by atoms with Crippen LogP contribution in [0.1, 0.15) is 39.2 Å². The average molecular weight is 437 g/mol. The van der Waals surface area contributed by atoms with Crippen LogP contribution >= 0.6 is 0 Å². The van der Waals surface area contributed by atoms with Crippen LogP contribution in [0.2, 0.25) is 0 Å². The molecule has 7 nitrogen and oxygen atoms in total. The summed E-state index contributed by atoms with van der Waals surface area (Å²) >= 11 is 0. The van der Waals surface area contributed by atoms with Gasteiger partial charge in [0.15, 0.2) is 0 Å². The molecular formula is C18H26F3N3O4S. The molecule has 2 N–H and O–H groups in total. The summed E-state index contributed by atoms with van der Waals surface area (Å²) in [5, 5.41) is 2.03. The van der Waals surface area contributed by atoms with E-state index in [1.54, 1.807) is 20.8 Å². The third-order valence-electron chi connectivity index (χ3n) is 4.57. The molecule has 1 aliphatic rings. The molecule has 1 aromatic carbocycles. The highest BCUT2D eigenvalue weighted by atomic mass is 32.2. The fraction of sp³-hybridized carbons (Fsp3) is 0.611. The van der Waals surface area contributed by atoms with Crippen molar-refractivity contribution < 1.29 is 31.1 Å². The molecule has 0 aliphatic carbocycles. The van der Waals surface area contributed by atoms with Gasteiger partial charge in [-0.25, -0.2) is 17.9 Å². The summed E-state index contributed by atoms with van der Waals surface area (Å²) in [5.74, 6) is -0.348. The minimum Gasteiger partial charge on any atom is -0.493 e. The lowest BCUT2D eigenvalue weighted by atomic mass is 10.1. The molecule has 0 bridgehead atoms. The maximum atomic E-state index is 13.0. The summed E-state index contributed by atoms with van der Waals surface area (Å²) in [4.78, 5) is 13.9. The highest BCUT2D eigenvalue weighted by Gasteiger charge is 2.34. The van der Waals surface area contributed by atoms with Crippen LogP contribution in [0.25, 0.3) is 0 Å². The second-order valence-electron chi connectivity index (χ2n) is 7.04. The van der Waals surface area contributed by atoms with E-state index in [-0.39, 0.29) is 24.1 Å². The van der Waals surface area contributed by atoms with Crippen molar-refractivity contribution in [2.75, 3.05) is 25.0 Å². The molecule has 0 spiro atoms. The third-order valence-corrected chi connectivity index (χ3v) is 6.47. The number of anilines is 1. The van der Waals surface area contributed by atoms with Crippen molar-refractivity contribution in [3.05, 3.63) is 23.8 Å². The maximum absolute atomic E-state index is 13.0. The van der Waals surface area contributed by atoms with Crippen molar-refractivity contribution in [2.24, 2.45) is 0 Å². The second kappa shape index (κ2) is 9.21. The van der Waals surface area contributed by atoms with Crippen LogP contribution in [0.4, 0.5) is 23.7 Å². The number of piperidine rings is 1. The molecule has 29 heavy (non-hydrogen) atoms. The summed E-state index contributed by atoms with van der Waals surface area (Å²) < 4.78 is 70.7. The van der Waals surface area contributed by atoms with Crippen LogP contribution < -0.4 is 14.8 Å². The number of amides is 2. The number of nitrogens with zero attached hydrogens (tertiary/aromatic N) is 1. The molecule has 1 heterocycles. The van der Waals surface area contributed by atoms with Crippen molar-refractivity contribution in [1.29, 1.82) is 0 Å². The predicted octanol–water partition coefficient (Wildman–Crippen LogP) is 3.43. The molecule has 2 amide bonds. The second-order valence-corrected chi connectivity index (χ2v) is 9.31. The van der Waals surface area contributed by atoms with Crippen molar-refractivity contribution >= 4 is 21.7 Å². The van der Waals surface area contributed by atoms with Crippen LogP contribution in [0.15, 0.2) is 18.2 Å². The van der Waals surface area contributed by atoms with Crippen LogP contribution in [0.5, 0.6) is 5.75 Å². The van der Waals surface area contributed by atoms with Gasteiger partial charge in [-0.3, -0.25) is 0 Å². The minimum atomic E-state index is -4.56. The highest BCUT2D eigenvalue weighted by molar-refractivity contribution is 7.90. The predicted molar refractivity (Wildman–Crippen MR) is 103 cm³/mol. The summed E-state index contributed by atoms with van der Waals surface area (Å²) in [6.07, 6.45) is -3.65. The summed E-state index contributed by atoms with van der Waals surface area (Å²) in [6.45, 7) is 5.46. The first-order chi connectivity index (χ1) is 13.4. The van der Waals surface area contributed by atoms with Gasteiger partial charge in [-0.2, -0.15) is 13.2 Å². The van der Waals surface area contributed by atoms with E-state index in [1.165, 1.54) is 11.0 Å². The summed E-state index contributed by atoms with van der Waals surface area (Å²) in [7, 11) is -3.39. The molecule has 2 rings (SSSR count). The van der Waals surface area contributed by atoms with Gasteiger partial charge in [0, 0.05) is 30.9 Å². The van der Waals surface area contributed by atoms with Crippen LogP contribution in [0, 0.1) is 0 Å². The Kier molecular flexibility index (Phi) is 7.39. The number of urea groups is 1. The topological polar surface area (TPSA) is 87.7 Å². The fourth-order valence-electron chi connectivity index (χ4n) is 2.88. The molecule has 164 valence electrons. The lowest BCUT2D eigenvalue weighted by Gasteiger charge is -2.32. The molecule has 0 radical (unpaired) electrons. The Balaban J connectivity index is 1.98. The smallest absolute Gasteiger partial charge is 0.419 e. The van der Waals surface area contributed by atoms with Crippen LogP contribution in [0.3, 0.4) is 0 Å². The number of rotatable bonds is 6. The van der Waals surface area contributed by atoms with Gasteiger partial charge in [0.2, 0.25) is 10.0 Å². The molecular weight excluding hydrogens is 411 g/mol. The summed E-state index contributed by atoms with van der Waals surface area (Å²) in [5.41, 5.74) is -0.718. The molecule has 0 aromatic heterocycles. The van der Waals surface area contributed by atoms with Gasteiger partial charge >= 0.3 is 12.2 Å². The normalized spacial score (nSPS) is 16.2. The fourth-order valence-corrected chi connectivity index (χ4v) is 3.85. The first kappa shape index (κ1) is 23.3. The lowest BCUT2D eigenvalue weighted by molar-refractivity contribution is -0.138. The Morgan fingerprint density at radius 2 is 1.90 bits per heavy atom. The van der Waals surface area contributed by atoms with E-state index in [2.05, 4.69) is 10.0 Å². The molecule has 1 fully saturated rings. The molecule has 0 saturated carbocycles. The number of hydrogen-bond donors (Lipinski definition) is 2. The van der Waals surface area contributed by atoms with E-state index in [9.17, 15) is 26.4 Å². The third kappa shape index (κ3) is 6.23. The zero-order valence-electron chi connectivity index (χ0n) is 16.5. The van der Waals surface area contributed by atoms with Gasteiger partial charge in [-0.05, 0) is 45.7 Å². The Labute approximate surface area is 168 Å². The monoisotopic (exact) mass is 437 g/mol. The number of halogens is 3. The zero-order chi connectivity index (χ0) is 21.8. The van der Waals surface area contributed by atoms with Gasteiger partial charge in [-0.1, -0.05) is 0 Å². The van der Waals surface area contributed by atoms with E-state index in [0.717, 1.165) is 12.1 Å². The quantitative estimate of drug-likeness (QED) is 0.714. The first-order valence-corrected chi connectivity index (χ1v) is 10.9. The van der Waals surface area contributed by atoms with Gasteiger partial charge in [0.25, 0.3) is 0 Å². The maximum Gasteiger partial charge on any atom is 0.419 e. The number of likely N-dealkylation sites (tertiary alicyclic amines) is 1.